The lowest BCUT2D eigenvalue weighted by atomic mass is 10.1. The number of halogens is 1. The number of rotatable bonds is 4. The smallest absolute Gasteiger partial charge is 0.126 e. The molecular weight excluding hydrogens is 249 g/mol. The monoisotopic (exact) mass is 265 g/mol. The Kier molecular flexibility index (Phi) is 3.99. The van der Waals surface area contributed by atoms with Gasteiger partial charge in [-0.3, -0.25) is 0 Å². The summed E-state index contributed by atoms with van der Waals surface area (Å²) in [4.78, 5) is 1.13. The van der Waals surface area contributed by atoms with Crippen LogP contribution in [-0.4, -0.2) is 0 Å². The Hall–Kier alpha value is -1.39. The van der Waals surface area contributed by atoms with Crippen molar-refractivity contribution in [1.29, 1.82) is 0 Å². The van der Waals surface area contributed by atoms with Crippen molar-refractivity contribution in [3.05, 3.63) is 51.5 Å². The van der Waals surface area contributed by atoms with Crippen LogP contribution in [0.15, 0.2) is 29.6 Å². The lowest BCUT2D eigenvalue weighted by Crippen LogP contribution is -2.09. The topological polar surface area (TPSA) is 35.2 Å². The maximum absolute atomic E-state index is 13.5. The van der Waals surface area contributed by atoms with Crippen LogP contribution in [0.5, 0.6) is 5.75 Å². The molecule has 96 valence electrons. The number of aryl methyl sites for hydroxylation is 1. The van der Waals surface area contributed by atoms with E-state index in [-0.39, 0.29) is 11.9 Å². The van der Waals surface area contributed by atoms with Gasteiger partial charge in [-0.2, -0.15) is 0 Å². The summed E-state index contributed by atoms with van der Waals surface area (Å²) in [5.74, 6) is 0.420. The Morgan fingerprint density at radius 2 is 2.22 bits per heavy atom. The Bertz CT molecular complexity index is 523. The third-order valence-electron chi connectivity index (χ3n) is 2.73. The minimum absolute atomic E-state index is 0.245. The zero-order chi connectivity index (χ0) is 13.1. The second kappa shape index (κ2) is 5.50. The molecule has 1 unspecified atom stereocenters. The van der Waals surface area contributed by atoms with Gasteiger partial charge in [0, 0.05) is 16.5 Å². The highest BCUT2D eigenvalue weighted by atomic mass is 32.1. The van der Waals surface area contributed by atoms with Crippen LogP contribution in [0, 0.1) is 12.7 Å². The van der Waals surface area contributed by atoms with Gasteiger partial charge in [0.05, 0.1) is 0 Å². The zero-order valence-electron chi connectivity index (χ0n) is 10.4. The molecule has 2 aromatic rings. The lowest BCUT2D eigenvalue weighted by Gasteiger charge is -2.15. The minimum Gasteiger partial charge on any atom is -0.488 e. The van der Waals surface area contributed by atoms with Crippen LogP contribution in [0.4, 0.5) is 4.39 Å². The van der Waals surface area contributed by atoms with Gasteiger partial charge in [-0.1, -0.05) is 6.07 Å². The summed E-state index contributed by atoms with van der Waals surface area (Å²) in [5.41, 5.74) is 7.11. The molecule has 2 N–H and O–H groups in total. The third kappa shape index (κ3) is 2.89. The van der Waals surface area contributed by atoms with Gasteiger partial charge in [-0.15, -0.1) is 11.3 Å². The highest BCUT2D eigenvalue weighted by molar-refractivity contribution is 7.09. The molecule has 0 amide bonds. The van der Waals surface area contributed by atoms with E-state index >= 15 is 0 Å². The average Bonchev–Trinajstić information content (AvgIpc) is 2.83. The van der Waals surface area contributed by atoms with E-state index in [1.54, 1.807) is 24.3 Å². The molecule has 0 aliphatic heterocycles. The second-order valence-corrected chi connectivity index (χ2v) is 5.33. The van der Waals surface area contributed by atoms with E-state index in [1.807, 2.05) is 24.4 Å². The van der Waals surface area contributed by atoms with Gasteiger partial charge in [-0.25, -0.2) is 4.39 Å². The second-order valence-electron chi connectivity index (χ2n) is 4.30. The van der Waals surface area contributed by atoms with E-state index in [1.165, 1.54) is 6.07 Å². The number of hydrogen-bond acceptors (Lipinski definition) is 3. The van der Waals surface area contributed by atoms with Crippen LogP contribution in [0.25, 0.3) is 0 Å². The molecule has 0 bridgehead atoms. The van der Waals surface area contributed by atoms with E-state index in [4.69, 9.17) is 10.5 Å². The number of thiophene rings is 1. The Morgan fingerprint density at radius 3 is 2.83 bits per heavy atom. The molecular formula is C14H16FNOS. The van der Waals surface area contributed by atoms with Crippen LogP contribution in [0.1, 0.15) is 29.0 Å². The summed E-state index contributed by atoms with van der Waals surface area (Å²) in [7, 11) is 0. The molecule has 0 saturated heterocycles. The van der Waals surface area contributed by atoms with Crippen LogP contribution >= 0.6 is 11.3 Å². The quantitative estimate of drug-likeness (QED) is 0.912. The molecule has 0 saturated carbocycles. The van der Waals surface area contributed by atoms with Crippen molar-refractivity contribution < 1.29 is 9.13 Å². The molecule has 1 aromatic carbocycles. The SMILES string of the molecule is Cc1cc(OCc2cccs2)c(C(C)N)cc1F. The maximum atomic E-state index is 13.5. The zero-order valence-corrected chi connectivity index (χ0v) is 11.3. The van der Waals surface area contributed by atoms with Gasteiger partial charge in [0.2, 0.25) is 0 Å². The first kappa shape index (κ1) is 13.1. The molecule has 0 aliphatic carbocycles. The normalized spacial score (nSPS) is 12.4. The van der Waals surface area contributed by atoms with Crippen molar-refractivity contribution in [3.63, 3.8) is 0 Å². The van der Waals surface area contributed by atoms with Crippen molar-refractivity contribution in [1.82, 2.24) is 0 Å². The van der Waals surface area contributed by atoms with Crippen molar-refractivity contribution in [2.45, 2.75) is 26.5 Å². The molecule has 1 heterocycles. The Labute approximate surface area is 110 Å². The molecule has 18 heavy (non-hydrogen) atoms. The van der Waals surface area contributed by atoms with E-state index < -0.39 is 0 Å². The van der Waals surface area contributed by atoms with Gasteiger partial charge in [-0.05, 0) is 43.0 Å². The minimum atomic E-state index is -0.251. The van der Waals surface area contributed by atoms with Crippen molar-refractivity contribution in [2.24, 2.45) is 5.73 Å². The van der Waals surface area contributed by atoms with Crippen LogP contribution in [-0.2, 0) is 6.61 Å². The fraction of sp³-hybridized carbons (Fsp3) is 0.286. The molecule has 2 rings (SSSR count). The first-order chi connectivity index (χ1) is 8.58. The molecule has 0 fully saturated rings. The molecule has 2 nitrogen and oxygen atoms in total. The molecule has 0 aliphatic rings. The number of ether oxygens (including phenoxy) is 1. The van der Waals surface area contributed by atoms with E-state index in [0.717, 1.165) is 4.88 Å². The van der Waals surface area contributed by atoms with Gasteiger partial charge < -0.3 is 10.5 Å². The molecule has 0 radical (unpaired) electrons. The predicted octanol–water partition coefficient (Wildman–Crippen LogP) is 3.79. The van der Waals surface area contributed by atoms with Crippen LogP contribution in [0.3, 0.4) is 0 Å². The van der Waals surface area contributed by atoms with Crippen LogP contribution in [0.2, 0.25) is 0 Å². The average molecular weight is 265 g/mol. The Balaban J connectivity index is 2.23. The molecule has 4 heteroatoms. The van der Waals surface area contributed by atoms with Gasteiger partial charge >= 0.3 is 0 Å². The summed E-state index contributed by atoms with van der Waals surface area (Å²) in [5, 5.41) is 2.00. The first-order valence-electron chi connectivity index (χ1n) is 5.78. The highest BCUT2D eigenvalue weighted by Gasteiger charge is 2.12. The lowest BCUT2D eigenvalue weighted by molar-refractivity contribution is 0.304. The first-order valence-corrected chi connectivity index (χ1v) is 6.66. The number of benzene rings is 1. The number of nitrogens with two attached hydrogens (primary N) is 1. The summed E-state index contributed by atoms with van der Waals surface area (Å²) < 4.78 is 19.3. The van der Waals surface area contributed by atoms with Crippen LogP contribution < -0.4 is 10.5 Å². The van der Waals surface area contributed by atoms with Crippen molar-refractivity contribution in [2.75, 3.05) is 0 Å². The fourth-order valence-corrected chi connectivity index (χ4v) is 2.31. The fourth-order valence-electron chi connectivity index (χ4n) is 1.69. The largest absolute Gasteiger partial charge is 0.488 e. The third-order valence-corrected chi connectivity index (χ3v) is 3.58. The van der Waals surface area contributed by atoms with E-state index in [9.17, 15) is 4.39 Å². The summed E-state index contributed by atoms with van der Waals surface area (Å²) >= 11 is 1.63. The van der Waals surface area contributed by atoms with E-state index in [0.29, 0.717) is 23.5 Å². The Morgan fingerprint density at radius 1 is 1.44 bits per heavy atom. The molecule has 1 atom stereocenters. The number of hydrogen-bond donors (Lipinski definition) is 1. The van der Waals surface area contributed by atoms with Gasteiger partial charge in [0.25, 0.3) is 0 Å². The summed E-state index contributed by atoms with van der Waals surface area (Å²) in [6, 6.07) is 6.91. The predicted molar refractivity (Wildman–Crippen MR) is 72.4 cm³/mol. The van der Waals surface area contributed by atoms with Crippen molar-refractivity contribution >= 4 is 11.3 Å². The van der Waals surface area contributed by atoms with Gasteiger partial charge in [0.15, 0.2) is 0 Å². The van der Waals surface area contributed by atoms with Crippen molar-refractivity contribution in [3.8, 4) is 5.75 Å². The maximum Gasteiger partial charge on any atom is 0.126 e. The molecule has 1 aromatic heterocycles. The summed E-state index contributed by atoms with van der Waals surface area (Å²) in [6.07, 6.45) is 0. The highest BCUT2D eigenvalue weighted by Crippen LogP contribution is 2.28. The summed E-state index contributed by atoms with van der Waals surface area (Å²) in [6.45, 7) is 4.03. The molecule has 0 spiro atoms. The standard InChI is InChI=1S/C14H16FNOS/c1-9-6-14(12(10(2)16)7-13(9)15)17-8-11-4-3-5-18-11/h3-7,10H,8,16H2,1-2H3. The van der Waals surface area contributed by atoms with Gasteiger partial charge in [0.1, 0.15) is 18.2 Å². The van der Waals surface area contributed by atoms with E-state index in [2.05, 4.69) is 0 Å².